The van der Waals surface area contributed by atoms with Crippen LogP contribution in [0.25, 0.3) is 0 Å². The molecule has 2 aromatic carbocycles. The molecular weight excluding hydrogens is 348 g/mol. The Kier molecular flexibility index (Phi) is 6.93. The fraction of sp³-hybridized carbons (Fsp3) is 0.250. The normalized spacial score (nSPS) is 12.5. The number of rotatable bonds is 8. The molecule has 3 N–H and O–H groups in total. The largest absolute Gasteiger partial charge is 0.479 e. The number of primary amides is 1. The molecule has 2 amide bonds. The average Bonchev–Trinajstić information content (AvgIpc) is 2.67. The Morgan fingerprint density at radius 1 is 1.04 bits per heavy atom. The summed E-state index contributed by atoms with van der Waals surface area (Å²) in [5.41, 5.74) is 5.96. The first-order valence-corrected chi connectivity index (χ1v) is 8.53. The van der Waals surface area contributed by atoms with Crippen molar-refractivity contribution in [2.24, 2.45) is 5.73 Å². The summed E-state index contributed by atoms with van der Waals surface area (Å²) in [5, 5.41) is 2.61. The highest BCUT2D eigenvalue weighted by molar-refractivity contribution is 5.96. The highest BCUT2D eigenvalue weighted by Gasteiger charge is 2.25. The van der Waals surface area contributed by atoms with Crippen molar-refractivity contribution in [3.63, 3.8) is 0 Å². The molecule has 0 fully saturated rings. The van der Waals surface area contributed by atoms with E-state index in [1.54, 1.807) is 43.3 Å². The van der Waals surface area contributed by atoms with Crippen LogP contribution in [0.1, 0.15) is 30.6 Å². The Labute approximate surface area is 157 Å². The number of nitrogens with one attached hydrogen (secondary N) is 1. The molecule has 0 aliphatic rings. The second kappa shape index (κ2) is 9.38. The predicted molar refractivity (Wildman–Crippen MR) is 100 cm³/mol. The third-order valence-electron chi connectivity index (χ3n) is 3.75. The van der Waals surface area contributed by atoms with Gasteiger partial charge in [-0.15, -0.1) is 0 Å². The fourth-order valence-electron chi connectivity index (χ4n) is 2.23. The molecule has 0 aliphatic carbocycles. The number of para-hydroxylation sites is 1. The van der Waals surface area contributed by atoms with Gasteiger partial charge in [-0.2, -0.15) is 0 Å². The van der Waals surface area contributed by atoms with E-state index in [4.69, 9.17) is 15.2 Å². The lowest BCUT2D eigenvalue weighted by Gasteiger charge is -2.19. The maximum Gasteiger partial charge on any atom is 0.348 e. The van der Waals surface area contributed by atoms with Crippen LogP contribution in [0.15, 0.2) is 54.6 Å². The second-order valence-corrected chi connectivity index (χ2v) is 5.84. The quantitative estimate of drug-likeness (QED) is 0.694. The van der Waals surface area contributed by atoms with E-state index in [0.29, 0.717) is 23.4 Å². The number of amides is 2. The minimum atomic E-state index is -1.01. The summed E-state index contributed by atoms with van der Waals surface area (Å²) in [7, 11) is 0. The molecule has 0 unspecified atom stereocenters. The molecule has 0 aromatic heterocycles. The van der Waals surface area contributed by atoms with E-state index in [0.717, 1.165) is 0 Å². The van der Waals surface area contributed by atoms with Gasteiger partial charge in [0.05, 0.1) is 0 Å². The molecule has 7 nitrogen and oxygen atoms in total. The summed E-state index contributed by atoms with van der Waals surface area (Å²) in [4.78, 5) is 35.6. The number of ether oxygens (including phenoxy) is 2. The van der Waals surface area contributed by atoms with Crippen molar-refractivity contribution < 1.29 is 23.9 Å². The number of nitrogens with two attached hydrogens (primary N) is 1. The van der Waals surface area contributed by atoms with Gasteiger partial charge in [-0.25, -0.2) is 4.79 Å². The monoisotopic (exact) mass is 370 g/mol. The van der Waals surface area contributed by atoms with Crippen molar-refractivity contribution in [2.45, 2.75) is 32.5 Å². The number of esters is 1. The van der Waals surface area contributed by atoms with Crippen LogP contribution in [0.2, 0.25) is 0 Å². The lowest BCUT2D eigenvalue weighted by atomic mass is 10.2. The minimum absolute atomic E-state index is 0.330. The highest BCUT2D eigenvalue weighted by Crippen LogP contribution is 2.15. The van der Waals surface area contributed by atoms with Gasteiger partial charge in [-0.3, -0.25) is 9.59 Å². The molecule has 0 saturated carbocycles. The number of hydrogen-bond acceptors (Lipinski definition) is 5. The number of carbonyl (C=O) groups is 3. The zero-order valence-corrected chi connectivity index (χ0v) is 15.2. The van der Waals surface area contributed by atoms with Crippen molar-refractivity contribution in [3.05, 3.63) is 60.2 Å². The second-order valence-electron chi connectivity index (χ2n) is 5.84. The Hall–Kier alpha value is -3.35. The number of hydrogen-bond donors (Lipinski definition) is 2. The van der Waals surface area contributed by atoms with Crippen molar-refractivity contribution in [3.8, 4) is 5.75 Å². The molecule has 0 bridgehead atoms. The third-order valence-corrected chi connectivity index (χ3v) is 3.75. The van der Waals surface area contributed by atoms with Crippen LogP contribution in [0.4, 0.5) is 5.69 Å². The van der Waals surface area contributed by atoms with E-state index in [1.807, 2.05) is 6.07 Å². The Bertz CT molecular complexity index is 790. The molecule has 2 atom stereocenters. The van der Waals surface area contributed by atoms with Gasteiger partial charge in [0.2, 0.25) is 5.91 Å². The van der Waals surface area contributed by atoms with E-state index in [1.165, 1.54) is 19.1 Å². The summed E-state index contributed by atoms with van der Waals surface area (Å²) in [5.74, 6) is -1.12. The van der Waals surface area contributed by atoms with E-state index < -0.39 is 30.0 Å². The van der Waals surface area contributed by atoms with E-state index in [9.17, 15) is 14.4 Å². The Balaban J connectivity index is 1.91. The third kappa shape index (κ3) is 5.85. The first-order valence-electron chi connectivity index (χ1n) is 8.53. The lowest BCUT2D eigenvalue weighted by molar-refractivity contribution is -0.160. The maximum absolute atomic E-state index is 12.3. The molecule has 0 radical (unpaired) electrons. The molecule has 2 aromatic rings. The van der Waals surface area contributed by atoms with Gasteiger partial charge >= 0.3 is 5.97 Å². The molecule has 0 aliphatic heterocycles. The van der Waals surface area contributed by atoms with Crippen molar-refractivity contribution >= 4 is 23.5 Å². The predicted octanol–water partition coefficient (Wildman–Crippen LogP) is 2.51. The minimum Gasteiger partial charge on any atom is -0.479 e. The van der Waals surface area contributed by atoms with Crippen LogP contribution in [-0.4, -0.2) is 30.0 Å². The van der Waals surface area contributed by atoms with Gasteiger partial charge in [0.25, 0.3) is 5.91 Å². The first-order chi connectivity index (χ1) is 12.9. The molecule has 0 heterocycles. The SMILES string of the molecule is CC[C@H](Oc1ccccc1)C(=O)O[C@@H](C)C(=O)Nc1ccc(C(N)=O)cc1. The van der Waals surface area contributed by atoms with Crippen LogP contribution in [0, 0.1) is 0 Å². The zero-order valence-electron chi connectivity index (χ0n) is 15.2. The van der Waals surface area contributed by atoms with E-state index >= 15 is 0 Å². The number of anilines is 1. The topological polar surface area (TPSA) is 108 Å². The fourth-order valence-corrected chi connectivity index (χ4v) is 2.23. The van der Waals surface area contributed by atoms with E-state index in [-0.39, 0.29) is 0 Å². The Morgan fingerprint density at radius 2 is 1.67 bits per heavy atom. The van der Waals surface area contributed by atoms with Crippen LogP contribution in [0.3, 0.4) is 0 Å². The summed E-state index contributed by atoms with van der Waals surface area (Å²) >= 11 is 0. The number of carbonyl (C=O) groups excluding carboxylic acids is 3. The van der Waals surface area contributed by atoms with Crippen molar-refractivity contribution in [1.82, 2.24) is 0 Å². The average molecular weight is 370 g/mol. The van der Waals surface area contributed by atoms with Crippen LogP contribution in [0.5, 0.6) is 5.75 Å². The summed E-state index contributed by atoms with van der Waals surface area (Å²) in [6, 6.07) is 15.0. The molecule has 0 saturated heterocycles. The summed E-state index contributed by atoms with van der Waals surface area (Å²) in [6.45, 7) is 3.26. The maximum atomic E-state index is 12.3. The van der Waals surface area contributed by atoms with Gasteiger partial charge in [0.15, 0.2) is 12.2 Å². The molecule has 142 valence electrons. The Morgan fingerprint density at radius 3 is 2.22 bits per heavy atom. The standard InChI is InChI=1S/C20H22N2O5/c1-3-17(27-16-7-5-4-6-8-16)20(25)26-13(2)19(24)22-15-11-9-14(10-12-15)18(21)23/h4-13,17H,3H2,1-2H3,(H2,21,23)(H,22,24)/t13-,17-/m0/s1. The highest BCUT2D eigenvalue weighted by atomic mass is 16.6. The molecule has 2 rings (SSSR count). The molecule has 7 heteroatoms. The van der Waals surface area contributed by atoms with Gasteiger partial charge in [-0.1, -0.05) is 25.1 Å². The lowest BCUT2D eigenvalue weighted by Crippen LogP contribution is -2.36. The molecular formula is C20H22N2O5. The van der Waals surface area contributed by atoms with Gasteiger partial charge in [0.1, 0.15) is 5.75 Å². The number of benzene rings is 2. The summed E-state index contributed by atoms with van der Waals surface area (Å²) < 4.78 is 10.8. The van der Waals surface area contributed by atoms with Crippen LogP contribution < -0.4 is 15.8 Å². The molecule has 27 heavy (non-hydrogen) atoms. The summed E-state index contributed by atoms with van der Waals surface area (Å²) in [6.07, 6.45) is -1.42. The van der Waals surface area contributed by atoms with Crippen molar-refractivity contribution in [2.75, 3.05) is 5.32 Å². The van der Waals surface area contributed by atoms with Gasteiger partial charge < -0.3 is 20.5 Å². The van der Waals surface area contributed by atoms with Crippen molar-refractivity contribution in [1.29, 1.82) is 0 Å². The smallest absolute Gasteiger partial charge is 0.348 e. The zero-order chi connectivity index (χ0) is 19.8. The van der Waals surface area contributed by atoms with Gasteiger partial charge in [-0.05, 0) is 49.7 Å². The van der Waals surface area contributed by atoms with Crippen LogP contribution >= 0.6 is 0 Å². The molecule has 0 spiro atoms. The van der Waals surface area contributed by atoms with Crippen LogP contribution in [-0.2, 0) is 14.3 Å². The van der Waals surface area contributed by atoms with E-state index in [2.05, 4.69) is 5.32 Å². The van der Waals surface area contributed by atoms with Gasteiger partial charge in [0, 0.05) is 11.3 Å². The first kappa shape index (κ1) is 20.0.